The summed E-state index contributed by atoms with van der Waals surface area (Å²) in [6.07, 6.45) is -2.84. The molecule has 5 unspecified atom stereocenters. The number of aliphatic hydroxyl groups excluding tert-OH is 2. The van der Waals surface area contributed by atoms with Gasteiger partial charge < -0.3 is 35.2 Å². The molecule has 248 valence electrons. The van der Waals surface area contributed by atoms with E-state index in [2.05, 4.69) is 29.9 Å². The van der Waals surface area contributed by atoms with Crippen LogP contribution >= 0.6 is 15.6 Å². The molecule has 23 nitrogen and oxygen atoms in total. The Bertz CT molecular complexity index is 2250. The van der Waals surface area contributed by atoms with Crippen molar-refractivity contribution in [3.63, 3.8) is 0 Å². The highest BCUT2D eigenvalue weighted by atomic mass is 31.2. The molecule has 8 atom stereocenters. The molecule has 0 amide bonds. The van der Waals surface area contributed by atoms with E-state index in [0.29, 0.717) is 11.2 Å². The molecule has 2 saturated heterocycles. The molecule has 0 saturated carbocycles. The summed E-state index contributed by atoms with van der Waals surface area (Å²) in [5.41, 5.74) is 5.60. The number of nitrogens with one attached hydrogen (secondary N) is 1. The summed E-state index contributed by atoms with van der Waals surface area (Å²) in [5, 5.41) is 22.2. The Morgan fingerprint density at radius 3 is 2.49 bits per heavy atom. The van der Waals surface area contributed by atoms with Gasteiger partial charge >= 0.3 is 15.6 Å². The Hall–Kier alpha value is -4.28. The van der Waals surface area contributed by atoms with Crippen molar-refractivity contribution in [2.45, 2.75) is 36.7 Å². The van der Waals surface area contributed by atoms with Gasteiger partial charge in [0, 0.05) is 12.4 Å². The van der Waals surface area contributed by atoms with E-state index >= 15 is 0 Å². The van der Waals surface area contributed by atoms with Crippen LogP contribution in [0.15, 0.2) is 41.9 Å². The number of rotatable bonds is 2. The molecule has 2 fully saturated rings. The zero-order valence-electron chi connectivity index (χ0n) is 23.3. The summed E-state index contributed by atoms with van der Waals surface area (Å²) < 4.78 is 62.8. The van der Waals surface area contributed by atoms with E-state index in [1.54, 1.807) is 10.6 Å². The molecular formula is C22H22N10O13P2. The van der Waals surface area contributed by atoms with Crippen LogP contribution in [0.1, 0.15) is 6.23 Å². The second-order valence-electron chi connectivity index (χ2n) is 10.5. The van der Waals surface area contributed by atoms with Crippen molar-refractivity contribution in [3.05, 3.63) is 47.5 Å². The van der Waals surface area contributed by atoms with Gasteiger partial charge in [-0.25, -0.2) is 33.6 Å². The van der Waals surface area contributed by atoms with E-state index in [4.69, 9.17) is 33.3 Å². The maximum absolute atomic E-state index is 13.2. The van der Waals surface area contributed by atoms with Crippen LogP contribution in [-0.4, -0.2) is 107 Å². The Morgan fingerprint density at radius 2 is 1.68 bits per heavy atom. The Kier molecular flexibility index (Phi) is 6.79. The maximum atomic E-state index is 13.2. The first-order valence-corrected chi connectivity index (χ1v) is 16.5. The molecule has 8 rings (SSSR count). The van der Waals surface area contributed by atoms with Crippen molar-refractivity contribution in [1.29, 1.82) is 0 Å². The average molecular weight is 696 g/mol. The summed E-state index contributed by atoms with van der Waals surface area (Å²) in [7, 11) is -10.2. The van der Waals surface area contributed by atoms with Gasteiger partial charge in [0.1, 0.15) is 31.0 Å². The molecule has 5 aromatic rings. The first-order valence-electron chi connectivity index (χ1n) is 13.5. The van der Waals surface area contributed by atoms with Crippen molar-refractivity contribution in [3.8, 4) is 0 Å². The van der Waals surface area contributed by atoms with E-state index in [9.17, 15) is 33.9 Å². The molecule has 8 heterocycles. The number of hydrogen-bond donors (Lipinski definition) is 6. The van der Waals surface area contributed by atoms with Crippen LogP contribution in [-0.2, 0) is 36.7 Å². The van der Waals surface area contributed by atoms with Crippen LogP contribution in [0.5, 0.6) is 0 Å². The highest BCUT2D eigenvalue weighted by molar-refractivity contribution is 7.47. The van der Waals surface area contributed by atoms with Gasteiger partial charge in [-0.05, 0) is 0 Å². The molecule has 0 aliphatic carbocycles. The first-order chi connectivity index (χ1) is 22.4. The summed E-state index contributed by atoms with van der Waals surface area (Å²) in [4.78, 5) is 56.7. The normalized spacial score (nSPS) is 33.5. The van der Waals surface area contributed by atoms with Crippen molar-refractivity contribution < 1.29 is 56.7 Å². The lowest BCUT2D eigenvalue weighted by atomic mass is 10.1. The van der Waals surface area contributed by atoms with Gasteiger partial charge in [-0.2, -0.15) is 4.98 Å². The van der Waals surface area contributed by atoms with Crippen LogP contribution in [0, 0.1) is 0 Å². The third kappa shape index (κ3) is 5.00. The third-order valence-corrected chi connectivity index (χ3v) is 9.53. The molecule has 0 aromatic carbocycles. The van der Waals surface area contributed by atoms with Crippen LogP contribution in [0.4, 0.5) is 5.95 Å². The lowest BCUT2D eigenvalue weighted by Crippen LogP contribution is -2.35. The fraction of sp³-hybridized carbons (Fsp3) is 0.364. The lowest BCUT2D eigenvalue weighted by molar-refractivity contribution is -0.0597. The average Bonchev–Trinajstić information content (AvgIpc) is 3.83. The standard InChI is InChI=1S/C22H22N10O13P2/c23-22-28-18-11(19(35)29-22)26-7-32(18)21-15-12(33)8(42-21)3-40-46(36,37)44-14-9(4-41-47(38,39)45-15)43-20(13(14)34)31-6-25-10-16-24-1-2-30(16)5-27-17(10)31/h1-2,5-9,12,14-15,21,33-34H,3-4H2,(H,36,37)(H,38,39)(H3,23,28,29,35)/t8-,9-,12?,14?,15?,21-/m1/s1. The molecule has 0 spiro atoms. The number of nitrogens with two attached hydrogens (primary N) is 1. The summed E-state index contributed by atoms with van der Waals surface area (Å²) in [6, 6.07) is 0. The Balaban J connectivity index is 1.13. The fourth-order valence-corrected chi connectivity index (χ4v) is 7.33. The van der Waals surface area contributed by atoms with Gasteiger partial charge in [-0.3, -0.25) is 36.8 Å². The maximum Gasteiger partial charge on any atom is 0.473 e. The number of aromatic amines is 1. The van der Waals surface area contributed by atoms with Gasteiger partial charge in [0.05, 0.1) is 19.5 Å². The van der Waals surface area contributed by atoms with E-state index in [1.807, 2.05) is 0 Å². The fourth-order valence-electron chi connectivity index (χ4n) is 5.48. The van der Waals surface area contributed by atoms with Gasteiger partial charge in [0.15, 0.2) is 52.2 Å². The van der Waals surface area contributed by atoms with E-state index in [0.717, 1.165) is 10.9 Å². The number of imidazole rings is 3. The molecule has 47 heavy (non-hydrogen) atoms. The minimum absolute atomic E-state index is 0.129. The van der Waals surface area contributed by atoms with Crippen LogP contribution in [0.25, 0.3) is 33.9 Å². The van der Waals surface area contributed by atoms with Crippen LogP contribution in [0.2, 0.25) is 0 Å². The number of aliphatic hydroxyl groups is 2. The smallest absolute Gasteiger partial charge is 0.473 e. The molecule has 25 heteroatoms. The number of phosphoric ester groups is 2. The molecule has 3 aliphatic heterocycles. The monoisotopic (exact) mass is 696 g/mol. The number of fused-ring (bicyclic) bond motifs is 7. The van der Waals surface area contributed by atoms with Gasteiger partial charge in [-0.15, -0.1) is 0 Å². The number of ether oxygens (including phenoxy) is 2. The zero-order valence-corrected chi connectivity index (χ0v) is 25.1. The number of anilines is 1. The lowest BCUT2D eigenvalue weighted by Gasteiger charge is -2.25. The summed E-state index contributed by atoms with van der Waals surface area (Å²) in [6.45, 7) is -1.69. The summed E-state index contributed by atoms with van der Waals surface area (Å²) in [5.74, 6) is -1.35. The quantitative estimate of drug-likeness (QED) is 0.122. The number of H-pyrrole nitrogens is 1. The predicted octanol–water partition coefficient (Wildman–Crippen LogP) is -0.846. The zero-order chi connectivity index (χ0) is 32.8. The van der Waals surface area contributed by atoms with Crippen LogP contribution < -0.4 is 11.3 Å². The number of aromatic nitrogens is 9. The van der Waals surface area contributed by atoms with Gasteiger partial charge in [-0.1, -0.05) is 0 Å². The van der Waals surface area contributed by atoms with Crippen molar-refractivity contribution in [2.75, 3.05) is 18.9 Å². The molecular weight excluding hydrogens is 674 g/mol. The van der Waals surface area contributed by atoms with Crippen LogP contribution in [0.3, 0.4) is 0 Å². The van der Waals surface area contributed by atoms with Crippen molar-refractivity contribution >= 4 is 55.5 Å². The number of nitrogen functional groups attached to an aromatic ring is 1. The summed E-state index contributed by atoms with van der Waals surface area (Å²) >= 11 is 0. The third-order valence-electron chi connectivity index (χ3n) is 7.58. The molecule has 7 N–H and O–H groups in total. The number of hydrogen-bond acceptors (Lipinski definition) is 17. The van der Waals surface area contributed by atoms with E-state index in [-0.39, 0.29) is 28.6 Å². The second-order valence-corrected chi connectivity index (χ2v) is 13.3. The van der Waals surface area contributed by atoms with Crippen molar-refractivity contribution in [1.82, 2.24) is 43.4 Å². The molecule has 5 aromatic heterocycles. The van der Waals surface area contributed by atoms with E-state index in [1.165, 1.54) is 23.4 Å². The highest BCUT2D eigenvalue weighted by Gasteiger charge is 2.52. The Labute approximate surface area is 259 Å². The molecule has 3 aliphatic rings. The second kappa shape index (κ2) is 10.6. The van der Waals surface area contributed by atoms with Gasteiger partial charge in [0.25, 0.3) is 5.56 Å². The number of nitrogens with zero attached hydrogens (tertiary/aromatic N) is 8. The van der Waals surface area contributed by atoms with Gasteiger partial charge in [0.2, 0.25) is 11.8 Å². The topological polar surface area (TPSA) is 308 Å². The number of phosphoric acid groups is 2. The largest absolute Gasteiger partial charge is 0.505 e. The van der Waals surface area contributed by atoms with E-state index < -0.39 is 76.9 Å². The predicted molar refractivity (Wildman–Crippen MR) is 151 cm³/mol. The minimum Gasteiger partial charge on any atom is -0.505 e. The highest BCUT2D eigenvalue weighted by Crippen LogP contribution is 2.53. The van der Waals surface area contributed by atoms with Crippen molar-refractivity contribution in [2.24, 2.45) is 0 Å². The molecule has 2 bridgehead atoms. The minimum atomic E-state index is -5.13. The SMILES string of the molecule is Nc1nc2c(ncn2[C@@H]2O[C@@H]3COP(=O)(O)OC4C(O)=C(n5cnc6c5ncn5ccnc65)O[C@@H]4COP(=O)(O)OC2C3O)c(=O)[nH]1. The molecule has 0 radical (unpaired) electrons. The first kappa shape index (κ1) is 30.1. The Morgan fingerprint density at radius 1 is 0.936 bits per heavy atom.